The van der Waals surface area contributed by atoms with E-state index in [1.165, 1.54) is 0 Å². The Balaban J connectivity index is 0.00000220. The van der Waals surface area contributed by atoms with Crippen molar-refractivity contribution < 1.29 is 78.2 Å². The van der Waals surface area contributed by atoms with Crippen molar-refractivity contribution >= 4 is 12.4 Å². The Morgan fingerprint density at radius 3 is 2.43 bits per heavy atom. The second kappa shape index (κ2) is 8.85. The molecule has 2 rings (SSSR count). The molecule has 0 N–H and O–H groups in total. The molecular weight excluding hydrogens is 316 g/mol. The van der Waals surface area contributed by atoms with Crippen molar-refractivity contribution in [2.45, 2.75) is 0 Å². The molecule has 0 saturated carbocycles. The van der Waals surface area contributed by atoms with E-state index in [1.54, 1.807) is 0 Å². The van der Waals surface area contributed by atoms with Gasteiger partial charge < -0.3 is 22.4 Å². The van der Waals surface area contributed by atoms with Crippen LogP contribution >= 0.6 is 0 Å². The molecule has 0 bridgehead atoms. The first-order chi connectivity index (χ1) is 9.47. The Morgan fingerprint density at radius 1 is 1.19 bits per heavy atom. The molecule has 0 aliphatic carbocycles. The molecule has 0 atom stereocenters. The van der Waals surface area contributed by atoms with Gasteiger partial charge in [-0.2, -0.15) is 0 Å². The first-order valence-corrected chi connectivity index (χ1v) is 6.39. The minimum Gasteiger partial charge on any atom is -0.492 e. The van der Waals surface area contributed by atoms with E-state index in [9.17, 15) is 17.3 Å². The fourth-order valence-corrected chi connectivity index (χ4v) is 1.98. The van der Waals surface area contributed by atoms with Gasteiger partial charge in [-0.15, -0.1) is 0 Å². The molecule has 0 aromatic heterocycles. The van der Waals surface area contributed by atoms with Crippen molar-refractivity contribution in [3.8, 4) is 5.75 Å². The maximum atomic E-state index is 13.3. The van der Waals surface area contributed by atoms with Crippen LogP contribution in [-0.2, 0) is 4.74 Å². The van der Waals surface area contributed by atoms with Crippen LogP contribution in [0.5, 0.6) is 5.75 Å². The van der Waals surface area contributed by atoms with Crippen molar-refractivity contribution in [2.24, 2.45) is 0 Å². The van der Waals surface area contributed by atoms with E-state index >= 15 is 0 Å². The molecule has 1 aromatic rings. The monoisotopic (exact) mass is 331 g/mol. The number of nitrogens with zero attached hydrogens (tertiary/aromatic N) is 1. The molecule has 21 heavy (non-hydrogen) atoms. The normalized spacial score (nSPS) is 16.4. The largest absolute Gasteiger partial charge is 1.00 e. The SMILES string of the molecule is Fc1cc(OCCN2CCOCC2)ccc1[B-](F)(F)F.[K+]. The van der Waals surface area contributed by atoms with Gasteiger partial charge in [0.25, 0.3) is 0 Å². The molecule has 1 heterocycles. The minimum absolute atomic E-state index is 0. The Kier molecular flexibility index (Phi) is 8.18. The van der Waals surface area contributed by atoms with Crippen molar-refractivity contribution in [1.82, 2.24) is 4.90 Å². The molecule has 0 amide bonds. The van der Waals surface area contributed by atoms with Crippen LogP contribution in [0.1, 0.15) is 0 Å². The molecule has 0 radical (unpaired) electrons. The van der Waals surface area contributed by atoms with Gasteiger partial charge in [0, 0.05) is 25.7 Å². The summed E-state index contributed by atoms with van der Waals surface area (Å²) in [4.78, 5) is 2.12. The predicted molar refractivity (Wildman–Crippen MR) is 67.9 cm³/mol. The molecule has 1 aromatic carbocycles. The second-order valence-corrected chi connectivity index (χ2v) is 4.56. The summed E-state index contributed by atoms with van der Waals surface area (Å²) in [5.74, 6) is -1.18. The first-order valence-electron chi connectivity index (χ1n) is 6.39. The van der Waals surface area contributed by atoms with Gasteiger partial charge in [-0.1, -0.05) is 11.5 Å². The number of rotatable bonds is 5. The second-order valence-electron chi connectivity index (χ2n) is 4.56. The van der Waals surface area contributed by atoms with Gasteiger partial charge in [-0.05, 0) is 6.07 Å². The smallest absolute Gasteiger partial charge is 0.492 e. The number of hydrogen-bond acceptors (Lipinski definition) is 3. The summed E-state index contributed by atoms with van der Waals surface area (Å²) in [6.07, 6.45) is 0. The molecule has 9 heteroatoms. The van der Waals surface area contributed by atoms with Crippen LogP contribution in [-0.4, -0.2) is 51.3 Å². The Morgan fingerprint density at radius 2 is 1.86 bits per heavy atom. The van der Waals surface area contributed by atoms with Crippen LogP contribution in [0.3, 0.4) is 0 Å². The van der Waals surface area contributed by atoms with Gasteiger partial charge in [0.05, 0.1) is 19.0 Å². The summed E-state index contributed by atoms with van der Waals surface area (Å²) < 4.78 is 61.1. The van der Waals surface area contributed by atoms with Gasteiger partial charge >= 0.3 is 58.4 Å². The standard InChI is InChI=1S/C12H15BF4NO2.K/c14-12-9-10(1-2-11(12)13(15,16)17)20-8-5-18-3-6-19-7-4-18;/h1-2,9H,3-8H2;/q-1;+1. The van der Waals surface area contributed by atoms with Crippen LogP contribution < -0.4 is 61.6 Å². The van der Waals surface area contributed by atoms with Crippen molar-refractivity contribution in [1.29, 1.82) is 0 Å². The maximum absolute atomic E-state index is 13.3. The topological polar surface area (TPSA) is 21.7 Å². The van der Waals surface area contributed by atoms with Crippen LogP contribution in [0.15, 0.2) is 18.2 Å². The fourth-order valence-electron chi connectivity index (χ4n) is 1.98. The van der Waals surface area contributed by atoms with Crippen molar-refractivity contribution in [3.63, 3.8) is 0 Å². The third-order valence-corrected chi connectivity index (χ3v) is 3.10. The van der Waals surface area contributed by atoms with Crippen LogP contribution in [0, 0.1) is 5.82 Å². The fraction of sp³-hybridized carbons (Fsp3) is 0.500. The zero-order valence-electron chi connectivity index (χ0n) is 11.8. The van der Waals surface area contributed by atoms with Crippen molar-refractivity contribution in [2.75, 3.05) is 39.5 Å². The molecule has 112 valence electrons. The van der Waals surface area contributed by atoms with E-state index in [0.29, 0.717) is 26.4 Å². The average molecular weight is 331 g/mol. The summed E-state index contributed by atoms with van der Waals surface area (Å²) in [6.45, 7) is -1.46. The Labute approximate surface area is 163 Å². The maximum Gasteiger partial charge on any atom is 1.00 e. The van der Waals surface area contributed by atoms with Gasteiger partial charge in [0.15, 0.2) is 0 Å². The zero-order chi connectivity index (χ0) is 14.6. The van der Waals surface area contributed by atoms with Crippen LogP contribution in [0.25, 0.3) is 0 Å². The molecule has 0 spiro atoms. The molecule has 1 aliphatic rings. The molecule has 3 nitrogen and oxygen atoms in total. The van der Waals surface area contributed by atoms with E-state index < -0.39 is 18.3 Å². The van der Waals surface area contributed by atoms with E-state index in [0.717, 1.165) is 31.3 Å². The quantitative estimate of drug-likeness (QED) is 0.489. The number of morpholine rings is 1. The summed E-state index contributed by atoms with van der Waals surface area (Å²) in [7, 11) is 0. The number of hydrogen-bond donors (Lipinski definition) is 0. The van der Waals surface area contributed by atoms with Gasteiger partial charge in [0.1, 0.15) is 12.4 Å². The number of benzene rings is 1. The average Bonchev–Trinajstić information content (AvgIpc) is 2.38. The first kappa shape index (κ1) is 19.4. The van der Waals surface area contributed by atoms with Gasteiger partial charge in [0.2, 0.25) is 0 Å². The Bertz CT molecular complexity index is 455. The summed E-state index contributed by atoms with van der Waals surface area (Å²) in [5.41, 5.74) is -1.22. The predicted octanol–water partition coefficient (Wildman–Crippen LogP) is -1.40. The Hall–Kier alpha value is 0.361. The molecule has 1 fully saturated rings. The molecule has 1 aliphatic heterocycles. The number of ether oxygens (including phenoxy) is 2. The van der Waals surface area contributed by atoms with E-state index in [-0.39, 0.29) is 57.1 Å². The van der Waals surface area contributed by atoms with Gasteiger partial charge in [-0.25, -0.2) is 4.39 Å². The van der Waals surface area contributed by atoms with Crippen LogP contribution in [0.4, 0.5) is 17.3 Å². The van der Waals surface area contributed by atoms with E-state index in [1.807, 2.05) is 0 Å². The summed E-state index contributed by atoms with van der Waals surface area (Å²) in [5, 5.41) is 0. The van der Waals surface area contributed by atoms with Gasteiger partial charge in [-0.3, -0.25) is 4.90 Å². The number of halogens is 4. The van der Waals surface area contributed by atoms with Crippen LogP contribution in [0.2, 0.25) is 0 Å². The third kappa shape index (κ3) is 6.17. The molecule has 1 saturated heterocycles. The zero-order valence-corrected chi connectivity index (χ0v) is 15.0. The van der Waals surface area contributed by atoms with E-state index in [2.05, 4.69) is 4.90 Å². The van der Waals surface area contributed by atoms with Crippen molar-refractivity contribution in [3.05, 3.63) is 24.0 Å². The molecular formula is C12H15BF4KNO2. The summed E-state index contributed by atoms with van der Waals surface area (Å²) in [6, 6.07) is 2.65. The molecule has 0 unspecified atom stereocenters. The summed E-state index contributed by atoms with van der Waals surface area (Å²) >= 11 is 0. The minimum atomic E-state index is -5.33. The van der Waals surface area contributed by atoms with E-state index in [4.69, 9.17) is 9.47 Å². The third-order valence-electron chi connectivity index (χ3n) is 3.10.